The largest absolute Gasteiger partial charge is 0.508 e. The van der Waals surface area contributed by atoms with Gasteiger partial charge in [-0.25, -0.2) is 0 Å². The number of halogens is 1. The van der Waals surface area contributed by atoms with Crippen LogP contribution in [0, 0.1) is 5.41 Å². The van der Waals surface area contributed by atoms with Crippen LogP contribution in [0.2, 0.25) is 0 Å². The Morgan fingerprint density at radius 2 is 2.00 bits per heavy atom. The number of phenols is 1. The molecule has 17 heavy (non-hydrogen) atoms. The quantitative estimate of drug-likeness (QED) is 0.855. The van der Waals surface area contributed by atoms with E-state index in [4.69, 9.17) is 4.74 Å². The fourth-order valence-corrected chi connectivity index (χ4v) is 1.80. The first kappa shape index (κ1) is 14.3. The van der Waals surface area contributed by atoms with Crippen LogP contribution in [0.15, 0.2) is 24.3 Å². The third kappa shape index (κ3) is 4.19. The molecule has 1 fully saturated rings. The van der Waals surface area contributed by atoms with Crippen LogP contribution in [0.5, 0.6) is 5.75 Å². The zero-order valence-electron chi connectivity index (χ0n) is 10.3. The van der Waals surface area contributed by atoms with E-state index in [1.165, 1.54) is 5.56 Å². The van der Waals surface area contributed by atoms with Crippen molar-refractivity contribution < 1.29 is 9.84 Å². The van der Waals surface area contributed by atoms with E-state index in [2.05, 4.69) is 19.2 Å². The zero-order chi connectivity index (χ0) is 11.6. The summed E-state index contributed by atoms with van der Waals surface area (Å²) in [6, 6.07) is 7.28. The van der Waals surface area contributed by atoms with E-state index in [1.54, 1.807) is 12.1 Å². The molecule has 0 aromatic heterocycles. The smallest absolute Gasteiger partial charge is 0.115 e. The monoisotopic (exact) mass is 257 g/mol. The third-order valence-electron chi connectivity index (χ3n) is 2.84. The molecule has 0 saturated carbocycles. The van der Waals surface area contributed by atoms with Gasteiger partial charge in [-0.1, -0.05) is 26.0 Å². The SMILES string of the molecule is CC1(C)CNC(Cc2ccc(O)cc2)OC1.Cl. The molecule has 0 amide bonds. The van der Waals surface area contributed by atoms with Crippen molar-refractivity contribution in [1.82, 2.24) is 5.32 Å². The Hall–Kier alpha value is -0.770. The van der Waals surface area contributed by atoms with E-state index in [0.717, 1.165) is 19.6 Å². The molecule has 2 N–H and O–H groups in total. The Bertz CT molecular complexity index is 341. The van der Waals surface area contributed by atoms with Gasteiger partial charge in [0.05, 0.1) is 6.61 Å². The summed E-state index contributed by atoms with van der Waals surface area (Å²) in [5.41, 5.74) is 1.40. The number of benzene rings is 1. The molecule has 4 heteroatoms. The highest BCUT2D eigenvalue weighted by Crippen LogP contribution is 2.20. The molecule has 1 heterocycles. The number of ether oxygens (including phenoxy) is 1. The fraction of sp³-hybridized carbons (Fsp3) is 0.538. The summed E-state index contributed by atoms with van der Waals surface area (Å²) < 4.78 is 5.75. The van der Waals surface area contributed by atoms with Gasteiger partial charge in [0.1, 0.15) is 12.0 Å². The van der Waals surface area contributed by atoms with Crippen LogP contribution in [-0.2, 0) is 11.2 Å². The molecule has 1 aromatic carbocycles. The molecular weight excluding hydrogens is 238 g/mol. The maximum absolute atomic E-state index is 9.18. The molecule has 1 aromatic rings. The molecule has 1 aliphatic heterocycles. The summed E-state index contributed by atoms with van der Waals surface area (Å²) in [4.78, 5) is 0. The van der Waals surface area contributed by atoms with Gasteiger partial charge in [-0.05, 0) is 17.7 Å². The molecular formula is C13H20ClNO2. The van der Waals surface area contributed by atoms with Crippen molar-refractivity contribution in [3.8, 4) is 5.75 Å². The Balaban J connectivity index is 0.00000144. The number of phenolic OH excluding ortho intramolecular Hbond substituents is 1. The average Bonchev–Trinajstić information content (AvgIpc) is 2.24. The first-order chi connectivity index (χ1) is 7.55. The summed E-state index contributed by atoms with van der Waals surface area (Å²) in [7, 11) is 0. The van der Waals surface area contributed by atoms with Crippen molar-refractivity contribution in [2.75, 3.05) is 13.2 Å². The van der Waals surface area contributed by atoms with Crippen LogP contribution in [0.3, 0.4) is 0 Å². The van der Waals surface area contributed by atoms with Gasteiger partial charge in [0, 0.05) is 18.4 Å². The molecule has 1 unspecified atom stereocenters. The normalized spacial score (nSPS) is 22.8. The van der Waals surface area contributed by atoms with Gasteiger partial charge in [0.2, 0.25) is 0 Å². The maximum Gasteiger partial charge on any atom is 0.115 e. The number of nitrogens with one attached hydrogen (secondary N) is 1. The Morgan fingerprint density at radius 3 is 2.53 bits per heavy atom. The van der Waals surface area contributed by atoms with Gasteiger partial charge in [-0.3, -0.25) is 5.32 Å². The standard InChI is InChI=1S/C13H19NO2.ClH/c1-13(2)8-14-12(16-9-13)7-10-3-5-11(15)6-4-10;/h3-6,12,14-15H,7-9H2,1-2H3;1H. The van der Waals surface area contributed by atoms with Gasteiger partial charge in [-0.2, -0.15) is 0 Å². The molecule has 3 nitrogen and oxygen atoms in total. The summed E-state index contributed by atoms with van der Waals surface area (Å²) in [5.74, 6) is 0.308. The molecule has 96 valence electrons. The minimum Gasteiger partial charge on any atom is -0.508 e. The Morgan fingerprint density at radius 1 is 1.35 bits per heavy atom. The van der Waals surface area contributed by atoms with Crippen LogP contribution < -0.4 is 5.32 Å². The van der Waals surface area contributed by atoms with Gasteiger partial charge < -0.3 is 9.84 Å². The lowest BCUT2D eigenvalue weighted by Gasteiger charge is -2.35. The number of hydrogen-bond acceptors (Lipinski definition) is 3. The molecule has 1 atom stereocenters. The van der Waals surface area contributed by atoms with Crippen LogP contribution in [-0.4, -0.2) is 24.5 Å². The first-order valence-electron chi connectivity index (χ1n) is 5.68. The summed E-state index contributed by atoms with van der Waals surface area (Å²) in [5, 5.41) is 12.6. The van der Waals surface area contributed by atoms with Crippen molar-refractivity contribution in [3.63, 3.8) is 0 Å². The molecule has 1 saturated heterocycles. The highest BCUT2D eigenvalue weighted by atomic mass is 35.5. The molecule has 0 aliphatic carbocycles. The Labute approximate surface area is 109 Å². The zero-order valence-corrected chi connectivity index (χ0v) is 11.1. The van der Waals surface area contributed by atoms with E-state index < -0.39 is 0 Å². The first-order valence-corrected chi connectivity index (χ1v) is 5.68. The lowest BCUT2D eigenvalue weighted by molar-refractivity contribution is -0.0566. The van der Waals surface area contributed by atoms with Crippen LogP contribution in [0.25, 0.3) is 0 Å². The second-order valence-electron chi connectivity index (χ2n) is 5.22. The minimum absolute atomic E-state index is 0. The second-order valence-corrected chi connectivity index (χ2v) is 5.22. The second kappa shape index (κ2) is 5.71. The number of aromatic hydroxyl groups is 1. The van der Waals surface area contributed by atoms with Crippen molar-refractivity contribution in [3.05, 3.63) is 29.8 Å². The minimum atomic E-state index is 0. The topological polar surface area (TPSA) is 41.5 Å². The summed E-state index contributed by atoms with van der Waals surface area (Å²) in [6.45, 7) is 6.16. The molecule has 1 aliphatic rings. The average molecular weight is 258 g/mol. The van der Waals surface area contributed by atoms with E-state index in [-0.39, 0.29) is 24.0 Å². The Kier molecular flexibility index (Phi) is 4.80. The van der Waals surface area contributed by atoms with E-state index in [9.17, 15) is 5.11 Å². The van der Waals surface area contributed by atoms with Crippen molar-refractivity contribution in [2.45, 2.75) is 26.5 Å². The van der Waals surface area contributed by atoms with E-state index in [1.807, 2.05) is 12.1 Å². The molecule has 0 spiro atoms. The highest BCUT2D eigenvalue weighted by Gasteiger charge is 2.26. The lowest BCUT2D eigenvalue weighted by Crippen LogP contribution is -2.48. The number of rotatable bonds is 2. The molecule has 0 radical (unpaired) electrons. The predicted octanol–water partition coefficient (Wildman–Crippen LogP) is 2.33. The van der Waals surface area contributed by atoms with Gasteiger partial charge in [-0.15, -0.1) is 12.4 Å². The van der Waals surface area contributed by atoms with E-state index in [0.29, 0.717) is 5.75 Å². The van der Waals surface area contributed by atoms with Gasteiger partial charge >= 0.3 is 0 Å². The van der Waals surface area contributed by atoms with Crippen LogP contribution in [0.1, 0.15) is 19.4 Å². The predicted molar refractivity (Wildman–Crippen MR) is 70.6 cm³/mol. The molecule has 0 bridgehead atoms. The van der Waals surface area contributed by atoms with Crippen molar-refractivity contribution >= 4 is 12.4 Å². The third-order valence-corrected chi connectivity index (χ3v) is 2.84. The number of hydrogen-bond donors (Lipinski definition) is 2. The van der Waals surface area contributed by atoms with Crippen molar-refractivity contribution in [1.29, 1.82) is 0 Å². The summed E-state index contributed by atoms with van der Waals surface area (Å²) in [6.07, 6.45) is 0.939. The maximum atomic E-state index is 9.18. The molecule has 2 rings (SSSR count). The van der Waals surface area contributed by atoms with Crippen LogP contribution in [0.4, 0.5) is 0 Å². The van der Waals surface area contributed by atoms with E-state index >= 15 is 0 Å². The lowest BCUT2D eigenvalue weighted by atomic mass is 9.93. The van der Waals surface area contributed by atoms with Crippen LogP contribution >= 0.6 is 12.4 Å². The fourth-order valence-electron chi connectivity index (χ4n) is 1.80. The highest BCUT2D eigenvalue weighted by molar-refractivity contribution is 5.85. The van der Waals surface area contributed by atoms with Gasteiger partial charge in [0.25, 0.3) is 0 Å². The van der Waals surface area contributed by atoms with Gasteiger partial charge in [0.15, 0.2) is 0 Å². The summed E-state index contributed by atoms with van der Waals surface area (Å²) >= 11 is 0. The van der Waals surface area contributed by atoms with Crippen molar-refractivity contribution in [2.24, 2.45) is 5.41 Å².